The second kappa shape index (κ2) is 9.36. The lowest BCUT2D eigenvalue weighted by atomic mass is 10.0. The van der Waals surface area contributed by atoms with Crippen LogP contribution in [-0.2, 0) is 19.0 Å². The lowest BCUT2D eigenvalue weighted by molar-refractivity contribution is -0.635. The number of anilines is 1. The van der Waals surface area contributed by atoms with Crippen molar-refractivity contribution < 1.29 is 27.4 Å². The van der Waals surface area contributed by atoms with Crippen LogP contribution >= 0.6 is 0 Å². The zero-order chi connectivity index (χ0) is 22.6. The molecule has 1 N–H and O–H groups in total. The SMILES string of the molecule is CCc1cccc(CC)c1NC(=O)c1c(OCC(C)C)cc(C)[n+]([O-])c1C(F)(F)F. The Morgan fingerprint density at radius 1 is 1.20 bits per heavy atom. The number of rotatable bonds is 7. The van der Waals surface area contributed by atoms with E-state index in [-0.39, 0.29) is 28.7 Å². The van der Waals surface area contributed by atoms with Gasteiger partial charge in [0, 0.05) is 18.7 Å². The number of nitrogens with one attached hydrogen (secondary N) is 1. The van der Waals surface area contributed by atoms with Crippen molar-refractivity contribution in [3.63, 3.8) is 0 Å². The molecule has 30 heavy (non-hydrogen) atoms. The second-order valence-electron chi connectivity index (χ2n) is 7.48. The van der Waals surface area contributed by atoms with Crippen LogP contribution < -0.4 is 14.8 Å². The molecule has 0 fully saturated rings. The molecule has 164 valence electrons. The number of pyridine rings is 1. The van der Waals surface area contributed by atoms with Crippen LogP contribution in [0.2, 0.25) is 0 Å². The Balaban J connectivity index is 2.67. The summed E-state index contributed by atoms with van der Waals surface area (Å²) in [5.74, 6) is -1.27. The second-order valence-corrected chi connectivity index (χ2v) is 7.48. The van der Waals surface area contributed by atoms with Gasteiger partial charge in [0.25, 0.3) is 5.91 Å². The molecule has 0 aliphatic rings. The smallest absolute Gasteiger partial charge is 0.479 e. The summed E-state index contributed by atoms with van der Waals surface area (Å²) in [5.41, 5.74) is -0.539. The Kier molecular flexibility index (Phi) is 7.34. The number of hydrogen-bond donors (Lipinski definition) is 1. The van der Waals surface area contributed by atoms with E-state index in [1.165, 1.54) is 13.0 Å². The van der Waals surface area contributed by atoms with Crippen LogP contribution in [0.5, 0.6) is 5.75 Å². The lowest BCUT2D eigenvalue weighted by Crippen LogP contribution is -2.42. The number of halogens is 3. The van der Waals surface area contributed by atoms with Gasteiger partial charge in [-0.15, -0.1) is 0 Å². The Morgan fingerprint density at radius 3 is 2.23 bits per heavy atom. The number of hydrogen-bond acceptors (Lipinski definition) is 3. The van der Waals surface area contributed by atoms with Gasteiger partial charge in [-0.1, -0.05) is 45.9 Å². The normalized spacial score (nSPS) is 11.6. The molecule has 1 aromatic carbocycles. The number of para-hydroxylation sites is 1. The molecule has 0 saturated heterocycles. The molecule has 0 aliphatic carbocycles. The Hall–Kier alpha value is -2.77. The van der Waals surface area contributed by atoms with Crippen LogP contribution in [-0.4, -0.2) is 12.5 Å². The number of aryl methyl sites for hydroxylation is 3. The van der Waals surface area contributed by atoms with Crippen molar-refractivity contribution in [1.82, 2.24) is 0 Å². The van der Waals surface area contributed by atoms with Gasteiger partial charge in [-0.2, -0.15) is 17.9 Å². The number of carbonyl (C=O) groups excluding carboxylic acids is 1. The van der Waals surface area contributed by atoms with Crippen LogP contribution in [0.1, 0.15) is 60.6 Å². The average Bonchev–Trinajstić information content (AvgIpc) is 2.67. The number of benzene rings is 1. The molecule has 2 rings (SSSR count). The van der Waals surface area contributed by atoms with Gasteiger partial charge in [-0.25, -0.2) is 0 Å². The van der Waals surface area contributed by atoms with Crippen molar-refractivity contribution >= 4 is 11.6 Å². The first kappa shape index (κ1) is 23.5. The Morgan fingerprint density at radius 2 is 1.77 bits per heavy atom. The molecule has 0 aliphatic heterocycles. The summed E-state index contributed by atoms with van der Waals surface area (Å²) in [6.45, 7) is 8.79. The Labute approximate surface area is 174 Å². The van der Waals surface area contributed by atoms with Crippen LogP contribution in [0.3, 0.4) is 0 Å². The number of alkyl halides is 3. The highest BCUT2D eigenvalue weighted by Crippen LogP contribution is 2.35. The maximum atomic E-state index is 13.8. The standard InChI is InChI=1S/C22H27F3N2O3/c1-6-15-9-8-10-16(7-2)19(15)26-21(28)18-17(30-12-13(3)4)11-14(5)27(29)20(18)22(23,24)25/h8-11,13H,6-7,12H2,1-5H3,(H,26,28). The Bertz CT molecular complexity index is 903. The quantitative estimate of drug-likeness (QED) is 0.499. The summed E-state index contributed by atoms with van der Waals surface area (Å²) >= 11 is 0. The molecule has 1 amide bonds. The van der Waals surface area contributed by atoms with Crippen molar-refractivity contribution in [3.8, 4) is 5.75 Å². The molecule has 0 radical (unpaired) electrons. The first-order chi connectivity index (χ1) is 14.0. The summed E-state index contributed by atoms with van der Waals surface area (Å²) in [5, 5.41) is 14.9. The van der Waals surface area contributed by atoms with Crippen molar-refractivity contribution in [2.24, 2.45) is 5.92 Å². The molecule has 0 bridgehead atoms. The molecule has 0 atom stereocenters. The van der Waals surface area contributed by atoms with Crippen molar-refractivity contribution in [2.75, 3.05) is 11.9 Å². The van der Waals surface area contributed by atoms with Gasteiger partial charge in [-0.3, -0.25) is 4.79 Å². The number of ether oxygens (including phenoxy) is 1. The molecule has 1 heterocycles. The van der Waals surface area contributed by atoms with Crippen LogP contribution in [0.25, 0.3) is 0 Å². The maximum Gasteiger partial charge on any atom is 0.479 e. The first-order valence-corrected chi connectivity index (χ1v) is 9.90. The number of carbonyl (C=O) groups is 1. The molecule has 0 spiro atoms. The molecule has 1 aromatic heterocycles. The van der Waals surface area contributed by atoms with Gasteiger partial charge in [0.05, 0.1) is 6.61 Å². The third-order valence-corrected chi connectivity index (χ3v) is 4.65. The highest BCUT2D eigenvalue weighted by Gasteiger charge is 2.47. The van der Waals surface area contributed by atoms with E-state index in [1.54, 1.807) is 12.1 Å². The average molecular weight is 424 g/mol. The molecule has 2 aromatic rings. The van der Waals surface area contributed by atoms with Crippen LogP contribution in [0.15, 0.2) is 24.3 Å². The first-order valence-electron chi connectivity index (χ1n) is 9.90. The van der Waals surface area contributed by atoms with Gasteiger partial charge < -0.3 is 15.3 Å². The predicted molar refractivity (Wildman–Crippen MR) is 109 cm³/mol. The number of amides is 1. The van der Waals surface area contributed by atoms with Gasteiger partial charge in [0.1, 0.15) is 5.75 Å². The van der Waals surface area contributed by atoms with Crippen molar-refractivity contribution in [2.45, 2.75) is 53.6 Å². The molecule has 0 saturated carbocycles. The highest BCUT2D eigenvalue weighted by molar-refractivity contribution is 6.07. The third-order valence-electron chi connectivity index (χ3n) is 4.65. The van der Waals surface area contributed by atoms with E-state index in [0.717, 1.165) is 11.1 Å². The number of aromatic nitrogens is 1. The maximum absolute atomic E-state index is 13.8. The van der Waals surface area contributed by atoms with Gasteiger partial charge >= 0.3 is 11.9 Å². The fourth-order valence-corrected chi connectivity index (χ4v) is 3.14. The van der Waals surface area contributed by atoms with E-state index in [4.69, 9.17) is 4.74 Å². The summed E-state index contributed by atoms with van der Waals surface area (Å²) in [7, 11) is 0. The van der Waals surface area contributed by atoms with E-state index in [9.17, 15) is 23.2 Å². The third kappa shape index (κ3) is 5.04. The van der Waals surface area contributed by atoms with E-state index in [0.29, 0.717) is 18.5 Å². The molecule has 0 unspecified atom stereocenters. The fraction of sp³-hybridized carbons (Fsp3) is 0.455. The van der Waals surface area contributed by atoms with E-state index >= 15 is 0 Å². The van der Waals surface area contributed by atoms with Crippen molar-refractivity contribution in [1.29, 1.82) is 0 Å². The molecular formula is C22H27F3N2O3. The summed E-state index contributed by atoms with van der Waals surface area (Å²) in [4.78, 5) is 13.1. The van der Waals surface area contributed by atoms with Gasteiger partial charge in [0.15, 0.2) is 11.3 Å². The summed E-state index contributed by atoms with van der Waals surface area (Å²) in [6.07, 6.45) is -3.86. The zero-order valence-electron chi connectivity index (χ0n) is 17.8. The fourth-order valence-electron chi connectivity index (χ4n) is 3.14. The monoisotopic (exact) mass is 424 g/mol. The van der Waals surface area contributed by atoms with Crippen LogP contribution in [0, 0.1) is 18.0 Å². The minimum Gasteiger partial charge on any atom is -0.618 e. The largest absolute Gasteiger partial charge is 0.618 e. The minimum atomic E-state index is -5.03. The minimum absolute atomic E-state index is 0.0163. The predicted octanol–water partition coefficient (Wildman–Crippen LogP) is 5.06. The van der Waals surface area contributed by atoms with Crippen molar-refractivity contribution in [3.05, 3.63) is 57.6 Å². The van der Waals surface area contributed by atoms with Crippen LogP contribution in [0.4, 0.5) is 18.9 Å². The highest BCUT2D eigenvalue weighted by atomic mass is 19.4. The lowest BCUT2D eigenvalue weighted by Gasteiger charge is -2.20. The number of nitrogens with zero attached hydrogens (tertiary/aromatic N) is 1. The van der Waals surface area contributed by atoms with Gasteiger partial charge in [0.2, 0.25) is 0 Å². The zero-order valence-corrected chi connectivity index (χ0v) is 17.8. The topological polar surface area (TPSA) is 65.3 Å². The van der Waals surface area contributed by atoms with E-state index < -0.39 is 23.3 Å². The molecule has 5 nitrogen and oxygen atoms in total. The van der Waals surface area contributed by atoms with Gasteiger partial charge in [-0.05, 0) is 29.9 Å². The molecular weight excluding hydrogens is 397 g/mol. The summed E-state index contributed by atoms with van der Waals surface area (Å²) in [6, 6.07) is 6.62. The molecule has 8 heteroatoms. The summed E-state index contributed by atoms with van der Waals surface area (Å²) < 4.78 is 46.7. The van der Waals surface area contributed by atoms with E-state index in [1.807, 2.05) is 33.8 Å². The van der Waals surface area contributed by atoms with E-state index in [2.05, 4.69) is 5.32 Å².